The van der Waals surface area contributed by atoms with Crippen molar-refractivity contribution in [3.8, 4) is 0 Å². The molecule has 0 saturated heterocycles. The minimum Gasteiger partial charge on any atom is -0.361 e. The lowest BCUT2D eigenvalue weighted by Gasteiger charge is -2.18. The van der Waals surface area contributed by atoms with E-state index in [9.17, 15) is 14.4 Å². The maximum Gasteiger partial charge on any atom is 0.251 e. The summed E-state index contributed by atoms with van der Waals surface area (Å²) < 4.78 is 0. The van der Waals surface area contributed by atoms with E-state index in [4.69, 9.17) is 0 Å². The Bertz CT molecular complexity index is 1320. The maximum atomic E-state index is 13.1. The summed E-state index contributed by atoms with van der Waals surface area (Å²) in [6.07, 6.45) is 3.83. The Kier molecular flexibility index (Phi) is 6.98. The maximum absolute atomic E-state index is 13.1. The van der Waals surface area contributed by atoms with Gasteiger partial charge in [0.25, 0.3) is 5.91 Å². The first-order valence-corrected chi connectivity index (χ1v) is 10.9. The molecule has 2 aromatic heterocycles. The van der Waals surface area contributed by atoms with Gasteiger partial charge in [0.2, 0.25) is 11.8 Å². The van der Waals surface area contributed by atoms with E-state index < -0.39 is 6.04 Å². The predicted octanol–water partition coefficient (Wildman–Crippen LogP) is 3.18. The molecule has 1 atom stereocenters. The largest absolute Gasteiger partial charge is 0.361 e. The van der Waals surface area contributed by atoms with Crippen molar-refractivity contribution in [2.24, 2.45) is 0 Å². The van der Waals surface area contributed by atoms with Crippen LogP contribution in [-0.2, 0) is 22.6 Å². The highest BCUT2D eigenvalue weighted by Crippen LogP contribution is 2.20. The number of benzene rings is 2. The smallest absolute Gasteiger partial charge is 0.251 e. The summed E-state index contributed by atoms with van der Waals surface area (Å²) in [4.78, 5) is 44.8. The Labute approximate surface area is 196 Å². The number of hydrogen-bond acceptors (Lipinski definition) is 4. The number of fused-ring (bicyclic) bond motifs is 1. The molecule has 2 aromatic carbocycles. The van der Waals surface area contributed by atoms with Gasteiger partial charge >= 0.3 is 0 Å². The first kappa shape index (κ1) is 22.7. The number of carbonyl (C=O) groups excluding carboxylic acids is 3. The molecule has 8 heteroatoms. The second kappa shape index (κ2) is 10.4. The minimum atomic E-state index is -0.779. The fraction of sp³-hybridized carbons (Fsp3) is 0.154. The van der Waals surface area contributed by atoms with Gasteiger partial charge in [-0.25, -0.2) is 0 Å². The number of nitrogens with one attached hydrogen (secondary N) is 4. The van der Waals surface area contributed by atoms with Gasteiger partial charge < -0.3 is 20.9 Å². The number of rotatable bonds is 8. The van der Waals surface area contributed by atoms with Crippen molar-refractivity contribution in [2.75, 3.05) is 5.32 Å². The number of anilines is 1. The van der Waals surface area contributed by atoms with Crippen LogP contribution in [0.1, 0.15) is 28.5 Å². The third-order valence-corrected chi connectivity index (χ3v) is 5.34. The molecule has 34 heavy (non-hydrogen) atoms. The van der Waals surface area contributed by atoms with E-state index in [1.165, 1.54) is 6.92 Å². The van der Waals surface area contributed by atoms with E-state index in [1.807, 2.05) is 48.7 Å². The molecule has 172 valence electrons. The predicted molar refractivity (Wildman–Crippen MR) is 130 cm³/mol. The monoisotopic (exact) mass is 455 g/mol. The Hall–Kier alpha value is -4.46. The van der Waals surface area contributed by atoms with Crippen molar-refractivity contribution in [1.29, 1.82) is 0 Å². The fourth-order valence-electron chi connectivity index (χ4n) is 3.72. The Morgan fingerprint density at radius 2 is 1.82 bits per heavy atom. The van der Waals surface area contributed by atoms with Crippen LogP contribution in [0.15, 0.2) is 79.1 Å². The molecule has 0 bridgehead atoms. The highest BCUT2D eigenvalue weighted by molar-refractivity contribution is 6.00. The van der Waals surface area contributed by atoms with Gasteiger partial charge in [-0.1, -0.05) is 30.3 Å². The van der Waals surface area contributed by atoms with Gasteiger partial charge in [-0.15, -0.1) is 0 Å². The van der Waals surface area contributed by atoms with Crippen LogP contribution in [0.5, 0.6) is 0 Å². The van der Waals surface area contributed by atoms with Crippen LogP contribution in [0.3, 0.4) is 0 Å². The molecule has 0 radical (unpaired) electrons. The zero-order chi connectivity index (χ0) is 23.9. The Balaban J connectivity index is 1.45. The van der Waals surface area contributed by atoms with Gasteiger partial charge in [0.15, 0.2) is 0 Å². The van der Waals surface area contributed by atoms with Crippen LogP contribution >= 0.6 is 0 Å². The molecule has 4 rings (SSSR count). The summed E-state index contributed by atoms with van der Waals surface area (Å²) in [6.45, 7) is 1.67. The minimum absolute atomic E-state index is 0.279. The molecular formula is C26H25N5O3. The molecule has 0 aliphatic heterocycles. The number of aromatic nitrogens is 2. The number of H-pyrrole nitrogens is 1. The van der Waals surface area contributed by atoms with E-state index in [-0.39, 0.29) is 17.7 Å². The quantitative estimate of drug-likeness (QED) is 0.327. The third kappa shape index (κ3) is 5.66. The van der Waals surface area contributed by atoms with E-state index in [0.29, 0.717) is 24.2 Å². The molecule has 0 saturated carbocycles. The van der Waals surface area contributed by atoms with Gasteiger partial charge in [0.1, 0.15) is 6.04 Å². The summed E-state index contributed by atoms with van der Waals surface area (Å²) >= 11 is 0. The van der Waals surface area contributed by atoms with Crippen LogP contribution in [0.2, 0.25) is 0 Å². The number of nitrogens with zero attached hydrogens (tertiary/aromatic N) is 1. The zero-order valence-corrected chi connectivity index (χ0v) is 18.7. The van der Waals surface area contributed by atoms with Crippen LogP contribution in [0.4, 0.5) is 5.69 Å². The second-order valence-corrected chi connectivity index (χ2v) is 7.89. The summed E-state index contributed by atoms with van der Waals surface area (Å²) in [7, 11) is 0. The average Bonchev–Trinajstić information content (AvgIpc) is 3.25. The molecule has 3 amide bonds. The summed E-state index contributed by atoms with van der Waals surface area (Å²) in [6, 6.07) is 19.2. The normalized spacial score (nSPS) is 11.6. The van der Waals surface area contributed by atoms with E-state index in [1.54, 1.807) is 30.5 Å². The molecule has 2 heterocycles. The van der Waals surface area contributed by atoms with E-state index >= 15 is 0 Å². The highest BCUT2D eigenvalue weighted by Gasteiger charge is 2.22. The lowest BCUT2D eigenvalue weighted by atomic mass is 10.0. The topological polar surface area (TPSA) is 116 Å². The number of carbonyl (C=O) groups is 3. The number of hydrogen-bond donors (Lipinski definition) is 4. The highest BCUT2D eigenvalue weighted by atomic mass is 16.2. The van der Waals surface area contributed by atoms with E-state index in [2.05, 4.69) is 25.9 Å². The SMILES string of the molecule is CC(=O)NC(Cc1c[nH]c2ccccc12)C(=O)Nc1cccc(C(=O)NCc2ccccn2)c1. The zero-order valence-electron chi connectivity index (χ0n) is 18.7. The van der Waals surface area contributed by atoms with Gasteiger partial charge in [-0.3, -0.25) is 19.4 Å². The van der Waals surface area contributed by atoms with Crippen molar-refractivity contribution >= 4 is 34.3 Å². The molecule has 0 fully saturated rings. The molecule has 8 nitrogen and oxygen atoms in total. The van der Waals surface area contributed by atoms with E-state index in [0.717, 1.165) is 22.2 Å². The lowest BCUT2D eigenvalue weighted by molar-refractivity contribution is -0.125. The number of amides is 3. The lowest BCUT2D eigenvalue weighted by Crippen LogP contribution is -2.44. The summed E-state index contributed by atoms with van der Waals surface area (Å²) in [5.41, 5.74) is 3.50. The van der Waals surface area contributed by atoms with Gasteiger partial charge in [0, 0.05) is 47.9 Å². The first-order chi connectivity index (χ1) is 16.5. The van der Waals surface area contributed by atoms with Crippen LogP contribution < -0.4 is 16.0 Å². The number of aromatic amines is 1. The van der Waals surface area contributed by atoms with Crippen molar-refractivity contribution in [3.05, 3.63) is 95.9 Å². The van der Waals surface area contributed by atoms with Gasteiger partial charge in [-0.2, -0.15) is 0 Å². The molecule has 4 aromatic rings. The molecule has 0 aliphatic carbocycles. The van der Waals surface area contributed by atoms with Crippen LogP contribution in [0.25, 0.3) is 10.9 Å². The summed E-state index contributed by atoms with van der Waals surface area (Å²) in [5.74, 6) is -0.951. The number of pyridine rings is 1. The molecule has 0 aliphatic rings. The first-order valence-electron chi connectivity index (χ1n) is 10.9. The summed E-state index contributed by atoms with van der Waals surface area (Å²) in [5, 5.41) is 9.36. The Morgan fingerprint density at radius 1 is 1.00 bits per heavy atom. The standard InChI is InChI=1S/C26H25N5O3/c1-17(32)30-24(14-19-15-28-23-11-3-2-10-22(19)23)26(34)31-20-9-6-7-18(13-20)25(33)29-16-21-8-4-5-12-27-21/h2-13,15,24,28H,14,16H2,1H3,(H,29,33)(H,30,32)(H,31,34). The van der Waals surface area contributed by atoms with Gasteiger partial charge in [0.05, 0.1) is 12.2 Å². The number of para-hydroxylation sites is 1. The second-order valence-electron chi connectivity index (χ2n) is 7.89. The van der Waals surface area contributed by atoms with Crippen molar-refractivity contribution in [1.82, 2.24) is 20.6 Å². The average molecular weight is 456 g/mol. The molecule has 4 N–H and O–H groups in total. The molecular weight excluding hydrogens is 430 g/mol. The molecule has 1 unspecified atom stereocenters. The van der Waals surface area contributed by atoms with Crippen molar-refractivity contribution in [3.63, 3.8) is 0 Å². The van der Waals surface area contributed by atoms with Gasteiger partial charge in [-0.05, 0) is 42.0 Å². The van der Waals surface area contributed by atoms with Crippen molar-refractivity contribution < 1.29 is 14.4 Å². The van der Waals surface area contributed by atoms with Crippen LogP contribution in [-0.4, -0.2) is 33.7 Å². The fourth-order valence-corrected chi connectivity index (χ4v) is 3.72. The van der Waals surface area contributed by atoms with Crippen LogP contribution in [0, 0.1) is 0 Å². The van der Waals surface area contributed by atoms with Crippen molar-refractivity contribution in [2.45, 2.75) is 25.9 Å². The third-order valence-electron chi connectivity index (χ3n) is 5.34. The molecule has 0 spiro atoms. The Morgan fingerprint density at radius 3 is 2.62 bits per heavy atom.